The summed E-state index contributed by atoms with van der Waals surface area (Å²) in [5, 5.41) is 9.86. The Kier molecular flexibility index (Phi) is 2.04. The summed E-state index contributed by atoms with van der Waals surface area (Å²) in [5.74, 6) is 0.0517. The zero-order chi connectivity index (χ0) is 10.1. The number of benzene rings is 1. The molecule has 0 atom stereocenters. The number of pyridine rings is 1. The van der Waals surface area contributed by atoms with Crippen LogP contribution in [0.2, 0.25) is 0 Å². The molecule has 1 aromatic heterocycles. The van der Waals surface area contributed by atoms with Gasteiger partial charge in [-0.2, -0.15) is 0 Å². The number of rotatable bonds is 1. The molecule has 0 radical (unpaired) electrons. The molecule has 0 amide bonds. The first-order chi connectivity index (χ1) is 6.68. The van der Waals surface area contributed by atoms with Crippen LogP contribution < -0.4 is 0 Å². The predicted molar refractivity (Wildman–Crippen MR) is 48.4 cm³/mol. The Morgan fingerprint density at radius 3 is 2.64 bits per heavy atom. The van der Waals surface area contributed by atoms with Crippen LogP contribution in [0.15, 0.2) is 30.3 Å². The molecular weight excluding hydrogens is 188 g/mol. The minimum atomic E-state index is -2.58. The first-order valence-electron chi connectivity index (χ1n) is 4.05. The molecule has 0 fully saturated rings. The van der Waals surface area contributed by atoms with Crippen molar-refractivity contribution in [1.29, 1.82) is 0 Å². The van der Waals surface area contributed by atoms with Gasteiger partial charge in [-0.05, 0) is 24.3 Å². The summed E-state index contributed by atoms with van der Waals surface area (Å²) in [5.41, 5.74) is 0.103. The van der Waals surface area contributed by atoms with Gasteiger partial charge in [0, 0.05) is 5.39 Å². The first kappa shape index (κ1) is 8.87. The maximum absolute atomic E-state index is 12.3. The quantitative estimate of drug-likeness (QED) is 0.758. The van der Waals surface area contributed by atoms with Crippen LogP contribution >= 0.6 is 0 Å². The van der Waals surface area contributed by atoms with Crippen LogP contribution in [0.4, 0.5) is 8.78 Å². The van der Waals surface area contributed by atoms with Crippen LogP contribution in [0.5, 0.6) is 5.75 Å². The summed E-state index contributed by atoms with van der Waals surface area (Å²) in [6.45, 7) is 0. The molecule has 1 aromatic carbocycles. The van der Waals surface area contributed by atoms with Gasteiger partial charge in [0.05, 0.1) is 5.52 Å². The number of hydrogen-bond donors (Lipinski definition) is 1. The highest BCUT2D eigenvalue weighted by Crippen LogP contribution is 2.25. The number of phenolic OH excluding ortho intramolecular Hbond substituents is 1. The van der Waals surface area contributed by atoms with Crippen LogP contribution in [-0.2, 0) is 0 Å². The molecule has 4 heteroatoms. The standard InChI is InChI=1S/C10H7F2NO/c11-10(12)8-5-4-6-7(13-8)2-1-3-9(6)14/h1-5,10,14H. The third kappa shape index (κ3) is 1.39. The fraction of sp³-hybridized carbons (Fsp3) is 0.100. The second kappa shape index (κ2) is 3.21. The second-order valence-corrected chi connectivity index (χ2v) is 2.88. The van der Waals surface area contributed by atoms with Crippen molar-refractivity contribution in [1.82, 2.24) is 4.98 Å². The van der Waals surface area contributed by atoms with E-state index >= 15 is 0 Å². The molecule has 72 valence electrons. The van der Waals surface area contributed by atoms with Crippen molar-refractivity contribution in [2.45, 2.75) is 6.43 Å². The molecule has 1 N–H and O–H groups in total. The lowest BCUT2D eigenvalue weighted by molar-refractivity contribution is 0.146. The van der Waals surface area contributed by atoms with E-state index in [1.165, 1.54) is 18.2 Å². The van der Waals surface area contributed by atoms with Crippen molar-refractivity contribution in [2.24, 2.45) is 0 Å². The molecule has 0 bridgehead atoms. The summed E-state index contributed by atoms with van der Waals surface area (Å²) in [7, 11) is 0. The topological polar surface area (TPSA) is 33.1 Å². The van der Waals surface area contributed by atoms with Crippen molar-refractivity contribution in [3.63, 3.8) is 0 Å². The zero-order valence-electron chi connectivity index (χ0n) is 7.11. The Hall–Kier alpha value is -1.71. The molecular formula is C10H7F2NO. The highest BCUT2D eigenvalue weighted by molar-refractivity contribution is 5.84. The lowest BCUT2D eigenvalue weighted by Gasteiger charge is -2.02. The molecule has 0 unspecified atom stereocenters. The Labute approximate surface area is 78.8 Å². The average molecular weight is 195 g/mol. The van der Waals surface area contributed by atoms with Crippen molar-refractivity contribution in [3.05, 3.63) is 36.0 Å². The molecule has 0 saturated carbocycles. The third-order valence-corrected chi connectivity index (χ3v) is 1.95. The Bertz CT molecular complexity index is 471. The second-order valence-electron chi connectivity index (χ2n) is 2.88. The molecule has 0 saturated heterocycles. The van der Waals surface area contributed by atoms with Crippen LogP contribution in [-0.4, -0.2) is 10.1 Å². The van der Waals surface area contributed by atoms with Gasteiger partial charge < -0.3 is 5.11 Å². The van der Waals surface area contributed by atoms with E-state index in [1.807, 2.05) is 0 Å². The van der Waals surface area contributed by atoms with Gasteiger partial charge in [0.25, 0.3) is 6.43 Å². The fourth-order valence-electron chi connectivity index (χ4n) is 1.28. The van der Waals surface area contributed by atoms with Crippen molar-refractivity contribution in [2.75, 3.05) is 0 Å². The Morgan fingerprint density at radius 1 is 1.14 bits per heavy atom. The summed E-state index contributed by atoms with van der Waals surface area (Å²) in [6.07, 6.45) is -2.58. The molecule has 0 aliphatic rings. The molecule has 0 aliphatic heterocycles. The highest BCUT2D eigenvalue weighted by atomic mass is 19.3. The van der Waals surface area contributed by atoms with Crippen molar-refractivity contribution < 1.29 is 13.9 Å². The molecule has 2 aromatic rings. The summed E-state index contributed by atoms with van der Waals surface area (Å²) in [4.78, 5) is 3.73. The Balaban J connectivity index is 2.67. The number of alkyl halides is 2. The minimum Gasteiger partial charge on any atom is -0.507 e. The number of aromatic hydroxyl groups is 1. The number of nitrogens with zero attached hydrogens (tertiary/aromatic N) is 1. The third-order valence-electron chi connectivity index (χ3n) is 1.95. The van der Waals surface area contributed by atoms with Gasteiger partial charge in [-0.1, -0.05) is 6.07 Å². The van der Waals surface area contributed by atoms with E-state index in [4.69, 9.17) is 0 Å². The van der Waals surface area contributed by atoms with Crippen LogP contribution in [0.25, 0.3) is 10.9 Å². The minimum absolute atomic E-state index is 0.0517. The van der Waals surface area contributed by atoms with E-state index < -0.39 is 6.43 Å². The van der Waals surface area contributed by atoms with E-state index in [2.05, 4.69) is 4.98 Å². The number of halogens is 2. The molecule has 0 aliphatic carbocycles. The number of aromatic nitrogens is 1. The zero-order valence-corrected chi connectivity index (χ0v) is 7.11. The van der Waals surface area contributed by atoms with Gasteiger partial charge in [-0.3, -0.25) is 0 Å². The maximum Gasteiger partial charge on any atom is 0.280 e. The van der Waals surface area contributed by atoms with Gasteiger partial charge in [0.1, 0.15) is 11.4 Å². The molecule has 2 nitrogen and oxygen atoms in total. The van der Waals surface area contributed by atoms with Crippen LogP contribution in [0, 0.1) is 0 Å². The van der Waals surface area contributed by atoms with E-state index in [0.717, 1.165) is 0 Å². The summed E-state index contributed by atoms with van der Waals surface area (Å²) >= 11 is 0. The molecule has 14 heavy (non-hydrogen) atoms. The van der Waals surface area contributed by atoms with Gasteiger partial charge in [0.2, 0.25) is 0 Å². The first-order valence-corrected chi connectivity index (χ1v) is 4.05. The van der Waals surface area contributed by atoms with E-state index in [9.17, 15) is 13.9 Å². The van der Waals surface area contributed by atoms with E-state index in [-0.39, 0.29) is 11.4 Å². The average Bonchev–Trinajstić information content (AvgIpc) is 2.17. The maximum atomic E-state index is 12.3. The number of fused-ring (bicyclic) bond motifs is 1. The molecule has 1 heterocycles. The number of hydrogen-bond acceptors (Lipinski definition) is 2. The van der Waals surface area contributed by atoms with Crippen LogP contribution in [0.1, 0.15) is 12.1 Å². The summed E-state index contributed by atoms with van der Waals surface area (Å²) in [6, 6.07) is 7.30. The SMILES string of the molecule is Oc1cccc2nc(C(F)F)ccc12. The normalized spacial score (nSPS) is 11.1. The largest absolute Gasteiger partial charge is 0.507 e. The highest BCUT2D eigenvalue weighted by Gasteiger charge is 2.09. The van der Waals surface area contributed by atoms with Gasteiger partial charge in [-0.15, -0.1) is 0 Å². The van der Waals surface area contributed by atoms with Gasteiger partial charge in [0.15, 0.2) is 0 Å². The van der Waals surface area contributed by atoms with Crippen molar-refractivity contribution in [3.8, 4) is 5.75 Å². The molecule has 2 rings (SSSR count). The Morgan fingerprint density at radius 2 is 1.93 bits per heavy atom. The summed E-state index contributed by atoms with van der Waals surface area (Å²) < 4.78 is 24.5. The molecule has 0 spiro atoms. The predicted octanol–water partition coefficient (Wildman–Crippen LogP) is 2.88. The van der Waals surface area contributed by atoms with E-state index in [0.29, 0.717) is 10.9 Å². The van der Waals surface area contributed by atoms with Crippen LogP contribution in [0.3, 0.4) is 0 Å². The van der Waals surface area contributed by atoms with Crippen molar-refractivity contribution >= 4 is 10.9 Å². The van der Waals surface area contributed by atoms with Gasteiger partial charge >= 0.3 is 0 Å². The van der Waals surface area contributed by atoms with E-state index in [1.54, 1.807) is 12.1 Å². The fourth-order valence-corrected chi connectivity index (χ4v) is 1.28. The smallest absolute Gasteiger partial charge is 0.280 e. The lowest BCUT2D eigenvalue weighted by atomic mass is 10.2. The monoisotopic (exact) mass is 195 g/mol. The lowest BCUT2D eigenvalue weighted by Crippen LogP contribution is -1.89. The van der Waals surface area contributed by atoms with Gasteiger partial charge in [-0.25, -0.2) is 13.8 Å². The number of phenols is 1.